The van der Waals surface area contributed by atoms with Crippen LogP contribution in [-0.4, -0.2) is 44.3 Å². The maximum absolute atomic E-state index is 13.2. The van der Waals surface area contributed by atoms with E-state index >= 15 is 0 Å². The van der Waals surface area contributed by atoms with Gasteiger partial charge < -0.3 is 15.2 Å². The summed E-state index contributed by atoms with van der Waals surface area (Å²) in [6, 6.07) is 11.9. The van der Waals surface area contributed by atoms with Crippen molar-refractivity contribution in [3.8, 4) is 0 Å². The molecule has 0 radical (unpaired) electrons. The van der Waals surface area contributed by atoms with Crippen LogP contribution in [-0.2, 0) is 11.3 Å². The molecule has 2 aliphatic rings. The standard InChI is InChI=1S/C23H25N5O2/c1-22(2)12-23(21(24)30)13-27(11-18(22)23)20(29)16-8-17-19(25-9-16)28(14-26-17)10-15-6-4-3-5-7-15/h3-9,14,18H,10-13H2,1-2H3,(H2,24,30)/t18-,23+/m1/s1. The van der Waals surface area contributed by atoms with Crippen molar-refractivity contribution in [2.75, 3.05) is 13.1 Å². The number of fused-ring (bicyclic) bond motifs is 2. The van der Waals surface area contributed by atoms with Crippen molar-refractivity contribution >= 4 is 23.0 Å². The van der Waals surface area contributed by atoms with Gasteiger partial charge in [-0.3, -0.25) is 9.59 Å². The second-order valence-corrected chi connectivity index (χ2v) is 9.35. The number of nitrogens with zero attached hydrogens (tertiary/aromatic N) is 4. The van der Waals surface area contributed by atoms with Crippen molar-refractivity contribution < 1.29 is 9.59 Å². The molecule has 30 heavy (non-hydrogen) atoms. The molecule has 1 saturated heterocycles. The number of aromatic nitrogens is 3. The van der Waals surface area contributed by atoms with Crippen molar-refractivity contribution in [1.29, 1.82) is 0 Å². The first kappa shape index (κ1) is 18.8. The molecule has 7 nitrogen and oxygen atoms in total. The van der Waals surface area contributed by atoms with E-state index in [0.29, 0.717) is 30.7 Å². The Labute approximate surface area is 174 Å². The maximum atomic E-state index is 13.2. The summed E-state index contributed by atoms with van der Waals surface area (Å²) in [5, 5.41) is 0. The van der Waals surface area contributed by atoms with Crippen LogP contribution in [0.15, 0.2) is 48.9 Å². The smallest absolute Gasteiger partial charge is 0.255 e. The van der Waals surface area contributed by atoms with E-state index in [2.05, 4.69) is 35.9 Å². The van der Waals surface area contributed by atoms with Gasteiger partial charge in [0.05, 0.1) is 23.9 Å². The third-order valence-electron chi connectivity index (χ3n) is 6.93. The molecular formula is C23H25N5O2. The number of hydrogen-bond donors (Lipinski definition) is 1. The summed E-state index contributed by atoms with van der Waals surface area (Å²) < 4.78 is 1.97. The molecule has 3 heterocycles. The number of benzene rings is 1. The predicted molar refractivity (Wildman–Crippen MR) is 112 cm³/mol. The van der Waals surface area contributed by atoms with Crippen LogP contribution in [0, 0.1) is 16.7 Å². The third-order valence-corrected chi connectivity index (χ3v) is 6.93. The third kappa shape index (κ3) is 2.72. The Morgan fingerprint density at radius 3 is 2.63 bits per heavy atom. The van der Waals surface area contributed by atoms with Gasteiger partial charge in [0.1, 0.15) is 5.52 Å². The molecule has 2 atom stereocenters. The van der Waals surface area contributed by atoms with E-state index in [-0.39, 0.29) is 23.1 Å². The van der Waals surface area contributed by atoms with E-state index in [4.69, 9.17) is 5.73 Å². The van der Waals surface area contributed by atoms with Crippen LogP contribution >= 0.6 is 0 Å². The lowest BCUT2D eigenvalue weighted by Gasteiger charge is -2.54. The Balaban J connectivity index is 1.39. The van der Waals surface area contributed by atoms with E-state index in [1.54, 1.807) is 23.5 Å². The Morgan fingerprint density at radius 2 is 1.97 bits per heavy atom. The van der Waals surface area contributed by atoms with Crippen LogP contribution in [0.25, 0.3) is 11.2 Å². The molecule has 2 amide bonds. The molecule has 2 aromatic heterocycles. The summed E-state index contributed by atoms with van der Waals surface area (Å²) in [4.78, 5) is 36.1. The summed E-state index contributed by atoms with van der Waals surface area (Å²) in [5.74, 6) is -0.309. The van der Waals surface area contributed by atoms with Crippen LogP contribution in [0.4, 0.5) is 0 Å². The number of likely N-dealkylation sites (tertiary alicyclic amines) is 1. The number of primary amides is 1. The van der Waals surface area contributed by atoms with Crippen molar-refractivity contribution in [3.05, 3.63) is 60.0 Å². The van der Waals surface area contributed by atoms with Crippen LogP contribution < -0.4 is 5.73 Å². The van der Waals surface area contributed by atoms with Gasteiger partial charge in [-0.1, -0.05) is 44.2 Å². The van der Waals surface area contributed by atoms with Crippen molar-refractivity contribution in [1.82, 2.24) is 19.4 Å². The van der Waals surface area contributed by atoms with Gasteiger partial charge in [-0.15, -0.1) is 0 Å². The average Bonchev–Trinajstić information content (AvgIpc) is 3.28. The lowest BCUT2D eigenvalue weighted by atomic mass is 9.48. The van der Waals surface area contributed by atoms with Gasteiger partial charge in [-0.05, 0) is 29.4 Å². The first-order valence-corrected chi connectivity index (χ1v) is 10.2. The Bertz CT molecular complexity index is 1150. The van der Waals surface area contributed by atoms with E-state index in [0.717, 1.165) is 17.6 Å². The zero-order valence-corrected chi connectivity index (χ0v) is 17.2. The van der Waals surface area contributed by atoms with E-state index in [9.17, 15) is 9.59 Å². The Kier molecular flexibility index (Phi) is 4.00. The highest BCUT2D eigenvalue weighted by Gasteiger charge is 2.66. The summed E-state index contributed by atoms with van der Waals surface area (Å²) in [7, 11) is 0. The zero-order valence-electron chi connectivity index (χ0n) is 17.2. The van der Waals surface area contributed by atoms with Gasteiger partial charge in [-0.2, -0.15) is 0 Å². The maximum Gasteiger partial charge on any atom is 0.255 e. The summed E-state index contributed by atoms with van der Waals surface area (Å²) in [6.07, 6.45) is 4.08. The molecule has 1 aliphatic heterocycles. The largest absolute Gasteiger partial charge is 0.369 e. The highest BCUT2D eigenvalue weighted by atomic mass is 16.2. The van der Waals surface area contributed by atoms with Crippen LogP contribution in [0.5, 0.6) is 0 Å². The van der Waals surface area contributed by atoms with Crippen LogP contribution in [0.2, 0.25) is 0 Å². The fourth-order valence-corrected chi connectivity index (χ4v) is 5.53. The number of hydrogen-bond acceptors (Lipinski definition) is 4. The average molecular weight is 403 g/mol. The Morgan fingerprint density at radius 1 is 1.20 bits per heavy atom. The normalized spacial score (nSPS) is 24.5. The van der Waals surface area contributed by atoms with Gasteiger partial charge in [-0.25, -0.2) is 9.97 Å². The van der Waals surface area contributed by atoms with Crippen LogP contribution in [0.1, 0.15) is 36.2 Å². The molecule has 5 rings (SSSR count). The van der Waals surface area contributed by atoms with E-state index in [1.165, 1.54) is 0 Å². The highest BCUT2D eigenvalue weighted by Crippen LogP contribution is 2.62. The second-order valence-electron chi connectivity index (χ2n) is 9.35. The van der Waals surface area contributed by atoms with Crippen molar-refractivity contribution in [2.24, 2.45) is 22.5 Å². The molecular weight excluding hydrogens is 378 g/mol. The fraction of sp³-hybridized carbons (Fsp3) is 0.391. The van der Waals surface area contributed by atoms with Gasteiger partial charge >= 0.3 is 0 Å². The quantitative estimate of drug-likeness (QED) is 0.724. The zero-order chi connectivity index (χ0) is 21.1. The monoisotopic (exact) mass is 403 g/mol. The molecule has 0 unspecified atom stereocenters. The van der Waals surface area contributed by atoms with E-state index in [1.807, 2.05) is 22.8 Å². The molecule has 1 aliphatic carbocycles. The topological polar surface area (TPSA) is 94.1 Å². The SMILES string of the molecule is CC1(C)C[C@]2(C(N)=O)CN(C(=O)c3cnc4c(c3)ncn4Cc3ccccc3)C[C@H]12. The minimum Gasteiger partial charge on any atom is -0.369 e. The fourth-order valence-electron chi connectivity index (χ4n) is 5.53. The molecule has 154 valence electrons. The molecule has 1 aromatic carbocycles. The molecule has 2 fully saturated rings. The minimum absolute atomic E-state index is 0.0163. The summed E-state index contributed by atoms with van der Waals surface area (Å²) in [6.45, 7) is 5.88. The number of carbonyl (C=O) groups excluding carboxylic acids is 2. The van der Waals surface area contributed by atoms with Gasteiger partial charge in [0, 0.05) is 19.3 Å². The number of rotatable bonds is 4. The van der Waals surface area contributed by atoms with Crippen molar-refractivity contribution in [2.45, 2.75) is 26.8 Å². The molecule has 2 N–H and O–H groups in total. The lowest BCUT2D eigenvalue weighted by molar-refractivity contribution is -0.148. The molecule has 0 bridgehead atoms. The summed E-state index contributed by atoms with van der Waals surface area (Å²) >= 11 is 0. The van der Waals surface area contributed by atoms with E-state index < -0.39 is 5.41 Å². The number of carbonyl (C=O) groups is 2. The number of amides is 2. The van der Waals surface area contributed by atoms with Gasteiger partial charge in [0.25, 0.3) is 5.91 Å². The number of nitrogens with two attached hydrogens (primary N) is 1. The molecule has 0 spiro atoms. The summed E-state index contributed by atoms with van der Waals surface area (Å²) in [5.41, 5.74) is 8.24. The highest BCUT2D eigenvalue weighted by molar-refractivity contribution is 5.97. The number of pyridine rings is 1. The Hall–Kier alpha value is -3.22. The molecule has 3 aromatic rings. The molecule has 7 heteroatoms. The number of imidazole rings is 1. The molecule has 1 saturated carbocycles. The predicted octanol–water partition coefficient (Wildman–Crippen LogP) is 2.45. The minimum atomic E-state index is -0.589. The van der Waals surface area contributed by atoms with Gasteiger partial charge in [0.2, 0.25) is 5.91 Å². The van der Waals surface area contributed by atoms with Crippen LogP contribution in [0.3, 0.4) is 0 Å². The first-order chi connectivity index (χ1) is 14.3. The lowest BCUT2D eigenvalue weighted by Crippen LogP contribution is -2.59. The second kappa shape index (κ2) is 6.39. The van der Waals surface area contributed by atoms with Gasteiger partial charge in [0.15, 0.2) is 5.65 Å². The first-order valence-electron chi connectivity index (χ1n) is 10.2. The van der Waals surface area contributed by atoms with Crippen molar-refractivity contribution in [3.63, 3.8) is 0 Å².